The number of alkyl halides is 2. The summed E-state index contributed by atoms with van der Waals surface area (Å²) in [7, 11) is -3.89. The highest BCUT2D eigenvalue weighted by Crippen LogP contribution is 2.11. The second kappa shape index (κ2) is 13.3. The number of nitrogens with one attached hydrogen (secondary N) is 3. The molecule has 0 aliphatic rings. The summed E-state index contributed by atoms with van der Waals surface area (Å²) in [5, 5.41) is 18.6. The first kappa shape index (κ1) is 26.1. The van der Waals surface area contributed by atoms with Gasteiger partial charge in [-0.15, -0.1) is 23.2 Å². The van der Waals surface area contributed by atoms with Gasteiger partial charge in [0.15, 0.2) is 11.7 Å². The average molecular weight is 455 g/mol. The van der Waals surface area contributed by atoms with Crippen molar-refractivity contribution in [1.29, 1.82) is 5.41 Å². The quantitative estimate of drug-likeness (QED) is 0.152. The number of aliphatic carboxylic acids is 1. The van der Waals surface area contributed by atoms with Crippen LogP contribution in [0.15, 0.2) is 29.2 Å². The van der Waals surface area contributed by atoms with E-state index in [2.05, 4.69) is 10.0 Å². The first-order chi connectivity index (χ1) is 13.0. The third-order valence-electron chi connectivity index (χ3n) is 3.21. The molecule has 9 nitrogen and oxygen atoms in total. The van der Waals surface area contributed by atoms with Gasteiger partial charge in [-0.1, -0.05) is 17.7 Å². The van der Waals surface area contributed by atoms with Crippen LogP contribution in [0, 0.1) is 12.3 Å². The molecule has 1 aromatic carbocycles. The second-order valence-electron chi connectivity index (χ2n) is 5.61. The lowest BCUT2D eigenvalue weighted by Gasteiger charge is -2.15. The lowest BCUT2D eigenvalue weighted by atomic mass is 10.2. The smallest absolute Gasteiger partial charge is 0.321 e. The van der Waals surface area contributed by atoms with E-state index in [9.17, 15) is 18.0 Å². The van der Waals surface area contributed by atoms with Crippen molar-refractivity contribution in [3.8, 4) is 0 Å². The number of sulfonamides is 1. The molecule has 1 atom stereocenters. The third kappa shape index (κ3) is 11.1. The number of aryl methyl sites for hydroxylation is 1. The van der Waals surface area contributed by atoms with Gasteiger partial charge in [0.2, 0.25) is 10.0 Å². The van der Waals surface area contributed by atoms with E-state index < -0.39 is 22.0 Å². The molecule has 0 unspecified atom stereocenters. The fourth-order valence-corrected chi connectivity index (χ4v) is 3.28. The SMILES string of the molecule is Cc1ccc(S(=O)(=O)N[C@@H](CCCNC(=N)N)C(=O)O)cc1.O=C(CCl)CCl. The van der Waals surface area contributed by atoms with Crippen molar-refractivity contribution in [2.45, 2.75) is 30.7 Å². The van der Waals surface area contributed by atoms with Crippen molar-refractivity contribution < 1.29 is 23.1 Å². The molecule has 0 spiro atoms. The topological polar surface area (TPSA) is 162 Å². The molecule has 1 aromatic rings. The summed E-state index contributed by atoms with van der Waals surface area (Å²) in [5.74, 6) is -1.53. The Labute approximate surface area is 174 Å². The number of carbonyl (C=O) groups is 2. The van der Waals surface area contributed by atoms with Gasteiger partial charge in [-0.25, -0.2) is 8.42 Å². The van der Waals surface area contributed by atoms with Gasteiger partial charge in [0.1, 0.15) is 6.04 Å². The van der Waals surface area contributed by atoms with E-state index in [1.807, 2.05) is 6.92 Å². The average Bonchev–Trinajstić information content (AvgIpc) is 2.64. The minimum absolute atomic E-state index is 0.0196. The molecule has 0 radical (unpaired) electrons. The molecule has 1 rings (SSSR count). The molecule has 0 aliphatic heterocycles. The van der Waals surface area contributed by atoms with E-state index in [0.29, 0.717) is 13.0 Å². The summed E-state index contributed by atoms with van der Waals surface area (Å²) < 4.78 is 26.5. The number of rotatable bonds is 10. The standard InChI is InChI=1S/C13H20N4O4S.C3H4Cl2O/c1-9-4-6-10(7-5-9)22(20,21)17-11(12(18)19)3-2-8-16-13(14)15;4-1-3(6)2-5/h4-7,11,17H,2-3,8H2,1H3,(H,18,19)(H4,14,15,16);1-2H2/t11-;/m0./s1. The van der Waals surface area contributed by atoms with Gasteiger partial charge in [-0.3, -0.25) is 15.0 Å². The van der Waals surface area contributed by atoms with Crippen molar-refractivity contribution in [1.82, 2.24) is 10.0 Å². The molecule has 0 saturated carbocycles. The Morgan fingerprint density at radius 2 is 1.75 bits per heavy atom. The molecular formula is C16H24Cl2N4O5S. The van der Waals surface area contributed by atoms with E-state index in [-0.39, 0.29) is 34.8 Å². The Kier molecular flexibility index (Phi) is 12.4. The van der Waals surface area contributed by atoms with Crippen LogP contribution in [0.5, 0.6) is 0 Å². The van der Waals surface area contributed by atoms with Gasteiger partial charge in [0.05, 0.1) is 16.7 Å². The molecule has 0 aromatic heterocycles. The normalized spacial score (nSPS) is 11.7. The molecule has 12 heteroatoms. The Bertz CT molecular complexity index is 751. The zero-order chi connectivity index (χ0) is 21.7. The van der Waals surface area contributed by atoms with Crippen LogP contribution in [0.2, 0.25) is 0 Å². The number of benzene rings is 1. The lowest BCUT2D eigenvalue weighted by Crippen LogP contribution is -2.41. The molecule has 28 heavy (non-hydrogen) atoms. The van der Waals surface area contributed by atoms with Crippen LogP contribution in [-0.2, 0) is 19.6 Å². The van der Waals surface area contributed by atoms with Crippen LogP contribution in [0.3, 0.4) is 0 Å². The van der Waals surface area contributed by atoms with Crippen LogP contribution >= 0.6 is 23.2 Å². The maximum Gasteiger partial charge on any atom is 0.321 e. The van der Waals surface area contributed by atoms with E-state index >= 15 is 0 Å². The number of hydrogen-bond donors (Lipinski definition) is 5. The number of carboxylic acids is 1. The fraction of sp³-hybridized carbons (Fsp3) is 0.438. The Morgan fingerprint density at radius 3 is 2.14 bits per heavy atom. The monoisotopic (exact) mass is 454 g/mol. The van der Waals surface area contributed by atoms with Crippen LogP contribution < -0.4 is 15.8 Å². The van der Waals surface area contributed by atoms with Crippen molar-refractivity contribution >= 4 is 50.9 Å². The van der Waals surface area contributed by atoms with Crippen LogP contribution in [0.4, 0.5) is 0 Å². The van der Waals surface area contributed by atoms with Gasteiger partial charge in [-0.05, 0) is 31.9 Å². The van der Waals surface area contributed by atoms with Gasteiger partial charge in [0, 0.05) is 6.54 Å². The van der Waals surface area contributed by atoms with E-state index in [4.69, 9.17) is 39.5 Å². The minimum Gasteiger partial charge on any atom is -0.480 e. The molecule has 0 bridgehead atoms. The first-order valence-electron chi connectivity index (χ1n) is 8.06. The van der Waals surface area contributed by atoms with Gasteiger partial charge in [-0.2, -0.15) is 4.72 Å². The lowest BCUT2D eigenvalue weighted by molar-refractivity contribution is -0.139. The van der Waals surface area contributed by atoms with E-state index in [1.165, 1.54) is 12.1 Å². The number of Topliss-reactive ketones (excluding diaryl/α,β-unsaturated/α-hetero) is 1. The molecule has 158 valence electrons. The van der Waals surface area contributed by atoms with Crippen LogP contribution in [0.25, 0.3) is 0 Å². The third-order valence-corrected chi connectivity index (χ3v) is 5.29. The van der Waals surface area contributed by atoms with Crippen molar-refractivity contribution in [2.75, 3.05) is 18.3 Å². The Balaban J connectivity index is 0.00000105. The summed E-state index contributed by atoms with van der Waals surface area (Å²) in [6.45, 7) is 2.12. The highest BCUT2D eigenvalue weighted by Gasteiger charge is 2.24. The molecule has 0 amide bonds. The number of carbonyl (C=O) groups excluding carboxylic acids is 1. The summed E-state index contributed by atoms with van der Waals surface area (Å²) in [6.07, 6.45) is 0.438. The van der Waals surface area contributed by atoms with E-state index in [0.717, 1.165) is 5.56 Å². The maximum atomic E-state index is 12.2. The number of hydrogen-bond acceptors (Lipinski definition) is 5. The number of halogens is 2. The largest absolute Gasteiger partial charge is 0.480 e. The molecule has 0 heterocycles. The highest BCUT2D eigenvalue weighted by molar-refractivity contribution is 7.89. The molecule has 6 N–H and O–H groups in total. The van der Waals surface area contributed by atoms with Gasteiger partial charge < -0.3 is 16.2 Å². The second-order valence-corrected chi connectivity index (χ2v) is 7.86. The summed E-state index contributed by atoms with van der Waals surface area (Å²) in [4.78, 5) is 21.1. The van der Waals surface area contributed by atoms with Crippen molar-refractivity contribution in [3.05, 3.63) is 29.8 Å². The summed E-state index contributed by atoms with van der Waals surface area (Å²) in [5.41, 5.74) is 6.01. The Morgan fingerprint density at radius 1 is 1.21 bits per heavy atom. The summed E-state index contributed by atoms with van der Waals surface area (Å²) >= 11 is 10.0. The Hall–Kier alpha value is -1.88. The zero-order valence-corrected chi connectivity index (χ0v) is 17.6. The van der Waals surface area contributed by atoms with Gasteiger partial charge in [0.25, 0.3) is 0 Å². The number of ketones is 1. The predicted octanol–water partition coefficient (Wildman–Crippen LogP) is 1.02. The zero-order valence-electron chi connectivity index (χ0n) is 15.2. The maximum absolute atomic E-state index is 12.2. The summed E-state index contributed by atoms with van der Waals surface area (Å²) in [6, 6.07) is 4.89. The molecular weight excluding hydrogens is 431 g/mol. The number of nitrogens with two attached hydrogens (primary N) is 1. The predicted molar refractivity (Wildman–Crippen MR) is 109 cm³/mol. The molecule has 0 saturated heterocycles. The number of carboxylic acid groups (broad SMARTS) is 1. The highest BCUT2D eigenvalue weighted by atomic mass is 35.5. The minimum atomic E-state index is -3.89. The van der Waals surface area contributed by atoms with Crippen molar-refractivity contribution in [2.24, 2.45) is 5.73 Å². The van der Waals surface area contributed by atoms with E-state index in [1.54, 1.807) is 12.1 Å². The fourth-order valence-electron chi connectivity index (χ4n) is 1.77. The van der Waals surface area contributed by atoms with Crippen LogP contribution in [-0.4, -0.2) is 55.6 Å². The first-order valence-corrected chi connectivity index (χ1v) is 10.6. The molecule has 0 aliphatic carbocycles. The van der Waals surface area contributed by atoms with Gasteiger partial charge >= 0.3 is 5.97 Å². The molecule has 0 fully saturated rings. The van der Waals surface area contributed by atoms with Crippen molar-refractivity contribution in [3.63, 3.8) is 0 Å². The number of guanidine groups is 1. The van der Waals surface area contributed by atoms with Crippen LogP contribution in [0.1, 0.15) is 18.4 Å².